The smallest absolute Gasteiger partial charge is 0.0490 e. The summed E-state index contributed by atoms with van der Waals surface area (Å²) in [5, 5.41) is 2.47. The van der Waals surface area contributed by atoms with Gasteiger partial charge in [-0.1, -0.05) is 115 Å². The van der Waals surface area contributed by atoms with E-state index in [1.807, 2.05) is 0 Å². The van der Waals surface area contributed by atoms with Crippen molar-refractivity contribution < 1.29 is 0 Å². The standard InChI is InChI=1S/C44H36N2/c1-33-11-10-17-42(31-33)46(44-18-9-6-12-34(44)2)41-28-23-36(24-29-41)20-19-35-21-26-40(27-22-35)45(39-15-4-3-5-16-39)43-30-25-37-13-7-8-14-38(37)32-43/h3-32H,1-2H3. The molecule has 46 heavy (non-hydrogen) atoms. The molecule has 0 aliphatic heterocycles. The lowest BCUT2D eigenvalue weighted by molar-refractivity contribution is 1.24. The molecule has 0 spiro atoms. The number of aryl methyl sites for hydroxylation is 2. The molecular formula is C44H36N2. The van der Waals surface area contributed by atoms with Gasteiger partial charge >= 0.3 is 0 Å². The van der Waals surface area contributed by atoms with Gasteiger partial charge in [-0.2, -0.15) is 0 Å². The first-order valence-electron chi connectivity index (χ1n) is 15.8. The van der Waals surface area contributed by atoms with Gasteiger partial charge in [0, 0.05) is 34.1 Å². The summed E-state index contributed by atoms with van der Waals surface area (Å²) in [5.74, 6) is 0. The fourth-order valence-electron chi connectivity index (χ4n) is 6.01. The van der Waals surface area contributed by atoms with Crippen LogP contribution in [-0.4, -0.2) is 0 Å². The second-order valence-electron chi connectivity index (χ2n) is 11.7. The van der Waals surface area contributed by atoms with Crippen LogP contribution in [0.2, 0.25) is 0 Å². The number of hydrogen-bond acceptors (Lipinski definition) is 2. The first kappa shape index (κ1) is 28.9. The van der Waals surface area contributed by atoms with Gasteiger partial charge < -0.3 is 9.80 Å². The van der Waals surface area contributed by atoms with E-state index in [1.54, 1.807) is 0 Å². The average Bonchev–Trinajstić information content (AvgIpc) is 3.10. The number of para-hydroxylation sites is 2. The lowest BCUT2D eigenvalue weighted by Gasteiger charge is -2.27. The third-order valence-corrected chi connectivity index (χ3v) is 8.39. The van der Waals surface area contributed by atoms with Gasteiger partial charge in [0.15, 0.2) is 0 Å². The summed E-state index contributed by atoms with van der Waals surface area (Å²) in [6.45, 7) is 4.31. The molecule has 7 rings (SSSR count). The second kappa shape index (κ2) is 13.0. The highest BCUT2D eigenvalue weighted by atomic mass is 15.1. The van der Waals surface area contributed by atoms with Crippen LogP contribution in [0, 0.1) is 13.8 Å². The molecule has 0 aromatic heterocycles. The molecule has 0 saturated carbocycles. The molecule has 2 heteroatoms. The molecule has 222 valence electrons. The Morgan fingerprint density at radius 1 is 0.370 bits per heavy atom. The predicted molar refractivity (Wildman–Crippen MR) is 198 cm³/mol. The maximum atomic E-state index is 2.34. The van der Waals surface area contributed by atoms with E-state index in [9.17, 15) is 0 Å². The van der Waals surface area contributed by atoms with Crippen LogP contribution in [0.5, 0.6) is 0 Å². The largest absolute Gasteiger partial charge is 0.310 e. The minimum absolute atomic E-state index is 1.12. The summed E-state index contributed by atoms with van der Waals surface area (Å²) >= 11 is 0. The zero-order valence-corrected chi connectivity index (χ0v) is 26.2. The van der Waals surface area contributed by atoms with Gasteiger partial charge in [0.2, 0.25) is 0 Å². The Bertz CT molecular complexity index is 2110. The number of rotatable bonds is 8. The van der Waals surface area contributed by atoms with Gasteiger partial charge in [-0.25, -0.2) is 0 Å². The molecule has 0 bridgehead atoms. The van der Waals surface area contributed by atoms with Crippen molar-refractivity contribution >= 4 is 57.0 Å². The first-order valence-corrected chi connectivity index (χ1v) is 15.8. The van der Waals surface area contributed by atoms with Crippen LogP contribution >= 0.6 is 0 Å². The van der Waals surface area contributed by atoms with Crippen molar-refractivity contribution in [1.29, 1.82) is 0 Å². The van der Waals surface area contributed by atoms with Crippen molar-refractivity contribution in [2.24, 2.45) is 0 Å². The van der Waals surface area contributed by atoms with E-state index < -0.39 is 0 Å². The Balaban J connectivity index is 1.15. The molecule has 7 aromatic rings. The lowest BCUT2D eigenvalue weighted by atomic mass is 10.1. The summed E-state index contributed by atoms with van der Waals surface area (Å²) in [5.41, 5.74) is 11.7. The molecule has 0 heterocycles. The Kier molecular flexibility index (Phi) is 8.17. The summed E-state index contributed by atoms with van der Waals surface area (Å²) in [7, 11) is 0. The van der Waals surface area contributed by atoms with E-state index in [1.165, 1.54) is 27.6 Å². The van der Waals surface area contributed by atoms with E-state index in [4.69, 9.17) is 0 Å². The molecule has 0 amide bonds. The number of benzene rings is 7. The van der Waals surface area contributed by atoms with Crippen molar-refractivity contribution in [2.45, 2.75) is 13.8 Å². The van der Waals surface area contributed by atoms with E-state index in [0.717, 1.165) is 39.6 Å². The van der Waals surface area contributed by atoms with Crippen molar-refractivity contribution in [2.75, 3.05) is 9.80 Å². The van der Waals surface area contributed by atoms with Crippen LogP contribution in [0.15, 0.2) is 170 Å². The Morgan fingerprint density at radius 3 is 1.57 bits per heavy atom. The third-order valence-electron chi connectivity index (χ3n) is 8.39. The highest BCUT2D eigenvalue weighted by Crippen LogP contribution is 2.38. The number of anilines is 6. The van der Waals surface area contributed by atoms with Gasteiger partial charge in [-0.05, 0) is 114 Å². The number of nitrogens with zero attached hydrogens (tertiary/aromatic N) is 2. The summed E-state index contributed by atoms with van der Waals surface area (Å²) < 4.78 is 0. The van der Waals surface area contributed by atoms with Crippen LogP contribution in [0.1, 0.15) is 22.3 Å². The zero-order valence-electron chi connectivity index (χ0n) is 26.2. The molecule has 2 nitrogen and oxygen atoms in total. The van der Waals surface area contributed by atoms with Crippen molar-refractivity contribution in [3.05, 3.63) is 192 Å². The normalized spacial score (nSPS) is 11.2. The molecule has 0 aliphatic carbocycles. The van der Waals surface area contributed by atoms with Gasteiger partial charge in [-0.15, -0.1) is 0 Å². The fourth-order valence-corrected chi connectivity index (χ4v) is 6.01. The minimum atomic E-state index is 1.12. The summed E-state index contributed by atoms with van der Waals surface area (Å²) in [4.78, 5) is 4.65. The van der Waals surface area contributed by atoms with Gasteiger partial charge in [0.1, 0.15) is 0 Å². The van der Waals surface area contributed by atoms with Crippen LogP contribution in [-0.2, 0) is 0 Å². The van der Waals surface area contributed by atoms with Crippen molar-refractivity contribution in [1.82, 2.24) is 0 Å². The number of fused-ring (bicyclic) bond motifs is 1. The average molecular weight is 593 g/mol. The number of hydrogen-bond donors (Lipinski definition) is 0. The maximum absolute atomic E-state index is 2.34. The van der Waals surface area contributed by atoms with Crippen LogP contribution in [0.25, 0.3) is 22.9 Å². The van der Waals surface area contributed by atoms with Crippen LogP contribution < -0.4 is 9.80 Å². The highest BCUT2D eigenvalue weighted by molar-refractivity contribution is 5.89. The zero-order chi connectivity index (χ0) is 31.3. The van der Waals surface area contributed by atoms with Gasteiger partial charge in [0.25, 0.3) is 0 Å². The van der Waals surface area contributed by atoms with Gasteiger partial charge in [0.05, 0.1) is 0 Å². The Morgan fingerprint density at radius 2 is 0.891 bits per heavy atom. The van der Waals surface area contributed by atoms with E-state index >= 15 is 0 Å². The van der Waals surface area contributed by atoms with Crippen LogP contribution in [0.4, 0.5) is 34.1 Å². The molecule has 0 radical (unpaired) electrons. The first-order chi connectivity index (χ1) is 22.6. The fraction of sp³-hybridized carbons (Fsp3) is 0.0455. The molecular weight excluding hydrogens is 556 g/mol. The van der Waals surface area contributed by atoms with Crippen molar-refractivity contribution in [3.8, 4) is 0 Å². The molecule has 0 aliphatic rings. The Labute approximate surface area is 272 Å². The topological polar surface area (TPSA) is 6.48 Å². The molecule has 0 fully saturated rings. The van der Waals surface area contributed by atoms with Gasteiger partial charge in [-0.3, -0.25) is 0 Å². The summed E-state index contributed by atoms with van der Waals surface area (Å²) in [6.07, 6.45) is 4.36. The molecule has 0 unspecified atom stereocenters. The second-order valence-corrected chi connectivity index (χ2v) is 11.7. The van der Waals surface area contributed by atoms with E-state index in [-0.39, 0.29) is 0 Å². The minimum Gasteiger partial charge on any atom is -0.310 e. The quantitative estimate of drug-likeness (QED) is 0.162. The summed E-state index contributed by atoms with van der Waals surface area (Å²) in [6, 6.07) is 60.5. The molecule has 0 N–H and O–H groups in total. The third kappa shape index (κ3) is 6.20. The molecule has 7 aromatic carbocycles. The van der Waals surface area contributed by atoms with E-state index in [2.05, 4.69) is 206 Å². The molecule has 0 atom stereocenters. The van der Waals surface area contributed by atoms with Crippen molar-refractivity contribution in [3.63, 3.8) is 0 Å². The van der Waals surface area contributed by atoms with E-state index in [0.29, 0.717) is 0 Å². The maximum Gasteiger partial charge on any atom is 0.0490 e. The van der Waals surface area contributed by atoms with Crippen LogP contribution in [0.3, 0.4) is 0 Å². The molecule has 0 saturated heterocycles. The monoisotopic (exact) mass is 592 g/mol. The highest BCUT2D eigenvalue weighted by Gasteiger charge is 2.15. The Hall–Kier alpha value is -5.86. The SMILES string of the molecule is Cc1cccc(N(c2ccc(C=Cc3ccc(N(c4ccccc4)c4ccc5ccccc5c4)cc3)cc2)c2ccccc2C)c1. The lowest BCUT2D eigenvalue weighted by Crippen LogP contribution is -2.11. The predicted octanol–water partition coefficient (Wildman–Crippen LogP) is 12.6.